The van der Waals surface area contributed by atoms with Gasteiger partial charge in [0.25, 0.3) is 5.91 Å². The van der Waals surface area contributed by atoms with E-state index in [0.717, 1.165) is 12.1 Å². The van der Waals surface area contributed by atoms with E-state index in [9.17, 15) is 18.0 Å². The number of carbonyl (C=O) groups is 1. The van der Waals surface area contributed by atoms with Gasteiger partial charge in [-0.25, -0.2) is 4.98 Å². The Kier molecular flexibility index (Phi) is 5.43. The SMILES string of the molecule is Cc1noc(C)c1C(=O)Nc1cnc(-c2cccc(C(F)(F)F)c2)c(-c2cccnc2)n1. The highest BCUT2D eigenvalue weighted by Crippen LogP contribution is 2.34. The number of hydrogen-bond acceptors (Lipinski definition) is 6. The summed E-state index contributed by atoms with van der Waals surface area (Å²) in [7, 11) is 0. The molecule has 1 aromatic carbocycles. The predicted octanol–water partition coefficient (Wildman–Crippen LogP) is 5.08. The fraction of sp³-hybridized carbons (Fsp3) is 0.136. The first-order valence-corrected chi connectivity index (χ1v) is 9.43. The average molecular weight is 439 g/mol. The molecular weight excluding hydrogens is 423 g/mol. The largest absolute Gasteiger partial charge is 0.416 e. The summed E-state index contributed by atoms with van der Waals surface area (Å²) in [4.78, 5) is 25.5. The van der Waals surface area contributed by atoms with Gasteiger partial charge in [0.1, 0.15) is 17.0 Å². The van der Waals surface area contributed by atoms with Crippen molar-refractivity contribution in [3.05, 3.63) is 77.6 Å². The molecule has 0 bridgehead atoms. The topological polar surface area (TPSA) is 93.8 Å². The highest BCUT2D eigenvalue weighted by Gasteiger charge is 2.31. The summed E-state index contributed by atoms with van der Waals surface area (Å²) in [6.45, 7) is 3.24. The number of amides is 1. The number of carbonyl (C=O) groups excluding carboxylic acids is 1. The quantitative estimate of drug-likeness (QED) is 0.477. The summed E-state index contributed by atoms with van der Waals surface area (Å²) in [5.74, 6) is -0.0230. The van der Waals surface area contributed by atoms with Crippen LogP contribution in [0.5, 0.6) is 0 Å². The van der Waals surface area contributed by atoms with E-state index >= 15 is 0 Å². The Bertz CT molecular complexity index is 1270. The van der Waals surface area contributed by atoms with Crippen molar-refractivity contribution >= 4 is 11.7 Å². The molecule has 162 valence electrons. The maximum atomic E-state index is 13.2. The fourth-order valence-corrected chi connectivity index (χ4v) is 3.19. The smallest absolute Gasteiger partial charge is 0.361 e. The lowest BCUT2D eigenvalue weighted by molar-refractivity contribution is -0.137. The molecule has 3 heterocycles. The summed E-state index contributed by atoms with van der Waals surface area (Å²) in [5.41, 5.74) is 1.14. The second-order valence-corrected chi connectivity index (χ2v) is 6.93. The van der Waals surface area contributed by atoms with Gasteiger partial charge in [-0.1, -0.05) is 17.3 Å². The van der Waals surface area contributed by atoms with E-state index in [-0.39, 0.29) is 28.3 Å². The molecule has 0 aliphatic carbocycles. The van der Waals surface area contributed by atoms with Crippen molar-refractivity contribution in [2.24, 2.45) is 0 Å². The second kappa shape index (κ2) is 8.22. The van der Waals surface area contributed by atoms with E-state index in [1.807, 2.05) is 0 Å². The van der Waals surface area contributed by atoms with Gasteiger partial charge in [-0.15, -0.1) is 0 Å². The van der Waals surface area contributed by atoms with Crippen LogP contribution < -0.4 is 5.32 Å². The number of nitrogens with zero attached hydrogens (tertiary/aromatic N) is 4. The Morgan fingerprint density at radius 1 is 1.03 bits per heavy atom. The van der Waals surface area contributed by atoms with E-state index < -0.39 is 17.6 Å². The highest BCUT2D eigenvalue weighted by molar-refractivity contribution is 6.05. The van der Waals surface area contributed by atoms with Gasteiger partial charge in [0.15, 0.2) is 5.82 Å². The van der Waals surface area contributed by atoms with Crippen LogP contribution >= 0.6 is 0 Å². The number of aromatic nitrogens is 4. The minimum absolute atomic E-state index is 0.115. The van der Waals surface area contributed by atoms with Crippen molar-refractivity contribution in [2.45, 2.75) is 20.0 Å². The molecule has 4 aromatic rings. The molecule has 1 N–H and O–H groups in total. The van der Waals surface area contributed by atoms with Crippen LogP contribution in [0.3, 0.4) is 0 Å². The van der Waals surface area contributed by atoms with Crippen LogP contribution in [0.15, 0.2) is 59.5 Å². The summed E-state index contributed by atoms with van der Waals surface area (Å²) >= 11 is 0. The van der Waals surface area contributed by atoms with Gasteiger partial charge in [-0.05, 0) is 38.1 Å². The third kappa shape index (κ3) is 4.20. The number of alkyl halides is 3. The van der Waals surface area contributed by atoms with E-state index in [0.29, 0.717) is 17.0 Å². The Morgan fingerprint density at radius 3 is 2.47 bits per heavy atom. The van der Waals surface area contributed by atoms with Gasteiger partial charge >= 0.3 is 6.18 Å². The lowest BCUT2D eigenvalue weighted by Gasteiger charge is -2.13. The van der Waals surface area contributed by atoms with Crippen molar-refractivity contribution in [1.82, 2.24) is 20.1 Å². The Balaban J connectivity index is 1.78. The minimum Gasteiger partial charge on any atom is -0.361 e. The molecule has 3 aromatic heterocycles. The molecule has 0 aliphatic heterocycles. The molecular formula is C22H16F3N5O2. The van der Waals surface area contributed by atoms with Gasteiger partial charge < -0.3 is 9.84 Å². The number of benzene rings is 1. The monoisotopic (exact) mass is 439 g/mol. The molecule has 0 saturated carbocycles. The maximum absolute atomic E-state index is 13.2. The number of pyridine rings is 1. The minimum atomic E-state index is -4.50. The Morgan fingerprint density at radius 2 is 1.81 bits per heavy atom. The number of anilines is 1. The molecule has 0 spiro atoms. The first-order valence-electron chi connectivity index (χ1n) is 9.43. The summed E-state index contributed by atoms with van der Waals surface area (Å²) < 4.78 is 44.6. The first-order chi connectivity index (χ1) is 15.2. The summed E-state index contributed by atoms with van der Waals surface area (Å²) in [5, 5.41) is 6.39. The van der Waals surface area contributed by atoms with Crippen LogP contribution in [-0.2, 0) is 6.18 Å². The highest BCUT2D eigenvalue weighted by atomic mass is 19.4. The van der Waals surface area contributed by atoms with Crippen LogP contribution in [0, 0.1) is 13.8 Å². The molecule has 0 radical (unpaired) electrons. The lowest BCUT2D eigenvalue weighted by Crippen LogP contribution is -2.15. The van der Waals surface area contributed by atoms with Crippen LogP contribution in [0.1, 0.15) is 27.4 Å². The van der Waals surface area contributed by atoms with Crippen molar-refractivity contribution in [3.8, 4) is 22.5 Å². The third-order valence-corrected chi connectivity index (χ3v) is 4.67. The zero-order valence-electron chi connectivity index (χ0n) is 16.9. The maximum Gasteiger partial charge on any atom is 0.416 e. The molecule has 10 heteroatoms. The number of halogens is 3. The van der Waals surface area contributed by atoms with Gasteiger partial charge in [-0.3, -0.25) is 14.8 Å². The van der Waals surface area contributed by atoms with Gasteiger partial charge in [0.2, 0.25) is 0 Å². The van der Waals surface area contributed by atoms with Gasteiger partial charge in [-0.2, -0.15) is 13.2 Å². The molecule has 0 saturated heterocycles. The second-order valence-electron chi connectivity index (χ2n) is 6.93. The molecule has 7 nitrogen and oxygen atoms in total. The van der Waals surface area contributed by atoms with E-state index in [1.165, 1.54) is 24.5 Å². The van der Waals surface area contributed by atoms with Gasteiger partial charge in [0.05, 0.1) is 23.1 Å². The molecule has 0 aliphatic rings. The summed E-state index contributed by atoms with van der Waals surface area (Å²) in [6.07, 6.45) is -0.142. The van der Waals surface area contributed by atoms with E-state index in [1.54, 1.807) is 32.2 Å². The molecule has 0 fully saturated rings. The molecule has 0 unspecified atom stereocenters. The number of rotatable bonds is 4. The Hall–Kier alpha value is -4.08. The van der Waals surface area contributed by atoms with Crippen molar-refractivity contribution < 1.29 is 22.5 Å². The fourth-order valence-electron chi connectivity index (χ4n) is 3.19. The zero-order chi connectivity index (χ0) is 22.9. The Labute approximate surface area is 180 Å². The van der Waals surface area contributed by atoms with Crippen molar-refractivity contribution in [1.29, 1.82) is 0 Å². The molecule has 4 rings (SSSR count). The number of nitrogens with one attached hydrogen (secondary N) is 1. The molecule has 0 atom stereocenters. The van der Waals surface area contributed by atoms with E-state index in [4.69, 9.17) is 4.52 Å². The number of hydrogen-bond donors (Lipinski definition) is 1. The molecule has 1 amide bonds. The average Bonchev–Trinajstić information content (AvgIpc) is 3.12. The van der Waals surface area contributed by atoms with Gasteiger partial charge in [0, 0.05) is 23.5 Å². The zero-order valence-corrected chi connectivity index (χ0v) is 16.9. The van der Waals surface area contributed by atoms with Crippen molar-refractivity contribution in [3.63, 3.8) is 0 Å². The van der Waals surface area contributed by atoms with Crippen LogP contribution in [-0.4, -0.2) is 26.0 Å². The normalized spacial score (nSPS) is 11.4. The third-order valence-electron chi connectivity index (χ3n) is 4.67. The number of aryl methyl sites for hydroxylation is 2. The van der Waals surface area contributed by atoms with E-state index in [2.05, 4.69) is 25.4 Å². The van der Waals surface area contributed by atoms with Crippen LogP contribution in [0.4, 0.5) is 19.0 Å². The van der Waals surface area contributed by atoms with Crippen molar-refractivity contribution in [2.75, 3.05) is 5.32 Å². The standard InChI is InChI=1S/C22H16F3N5O2/c1-12-18(13(2)32-30-12)21(31)29-17-11-27-19(20(28-17)15-6-4-8-26-10-15)14-5-3-7-16(9-14)22(23,24)25/h3-11H,1-2H3,(H,28,29,31). The predicted molar refractivity (Wildman–Crippen MR) is 110 cm³/mol. The molecule has 32 heavy (non-hydrogen) atoms. The van der Waals surface area contributed by atoms with Crippen LogP contribution in [0.25, 0.3) is 22.5 Å². The summed E-state index contributed by atoms with van der Waals surface area (Å²) in [6, 6.07) is 8.18. The first kappa shape index (κ1) is 21.2. The lowest BCUT2D eigenvalue weighted by atomic mass is 10.0. The van der Waals surface area contributed by atoms with Crippen LogP contribution in [0.2, 0.25) is 0 Å².